The third kappa shape index (κ3) is 5.56. The van der Waals surface area contributed by atoms with Crippen molar-refractivity contribution in [2.75, 3.05) is 19.5 Å². The molecule has 6 heteroatoms. The predicted molar refractivity (Wildman–Crippen MR) is 77.9 cm³/mol. The summed E-state index contributed by atoms with van der Waals surface area (Å²) in [7, 11) is 2.46. The van der Waals surface area contributed by atoms with Gasteiger partial charge < -0.3 is 19.5 Å². The lowest BCUT2D eigenvalue weighted by atomic mass is 10.2. The molecule has 6 nitrogen and oxygen atoms in total. The van der Waals surface area contributed by atoms with Crippen molar-refractivity contribution in [1.82, 2.24) is 0 Å². The van der Waals surface area contributed by atoms with Crippen molar-refractivity contribution in [3.05, 3.63) is 36.0 Å². The van der Waals surface area contributed by atoms with Gasteiger partial charge in [-0.3, -0.25) is 0 Å². The van der Waals surface area contributed by atoms with Crippen LogP contribution in [0.1, 0.15) is 13.8 Å². The molecule has 21 heavy (non-hydrogen) atoms. The van der Waals surface area contributed by atoms with Crippen molar-refractivity contribution in [1.29, 1.82) is 0 Å². The number of hydrogen-bond acceptors (Lipinski definition) is 6. The maximum absolute atomic E-state index is 11.6. The number of rotatable bonds is 6. The van der Waals surface area contributed by atoms with Crippen LogP contribution in [-0.4, -0.2) is 32.3 Å². The smallest absolute Gasteiger partial charge is 0.354 e. The Labute approximate surface area is 123 Å². The van der Waals surface area contributed by atoms with Crippen LogP contribution in [0.5, 0.6) is 5.75 Å². The van der Waals surface area contributed by atoms with E-state index in [9.17, 15) is 9.59 Å². The molecule has 0 fully saturated rings. The number of carbonyl (C=O) groups excluding carboxylic acids is 2. The van der Waals surface area contributed by atoms with Crippen molar-refractivity contribution < 1.29 is 23.8 Å². The lowest BCUT2D eigenvalue weighted by Crippen LogP contribution is -2.15. The summed E-state index contributed by atoms with van der Waals surface area (Å²) in [6.45, 7) is 3.86. The predicted octanol–water partition coefficient (Wildman–Crippen LogP) is 2.12. The van der Waals surface area contributed by atoms with Gasteiger partial charge in [-0.1, -0.05) is 0 Å². The molecule has 0 heterocycles. The Morgan fingerprint density at radius 1 is 1.10 bits per heavy atom. The molecule has 114 valence electrons. The van der Waals surface area contributed by atoms with Crippen molar-refractivity contribution in [3.63, 3.8) is 0 Å². The molecule has 0 spiro atoms. The normalized spacial score (nSPS) is 11.0. The zero-order chi connectivity index (χ0) is 15.8. The SMILES string of the molecule is COC(=O)/C=C(\Nc1ccc(OC(C)C)cc1)C(=O)OC. The first-order valence-electron chi connectivity index (χ1n) is 6.38. The molecule has 0 saturated heterocycles. The second-order valence-electron chi connectivity index (χ2n) is 4.39. The quantitative estimate of drug-likeness (QED) is 0.639. The van der Waals surface area contributed by atoms with Crippen LogP contribution < -0.4 is 10.1 Å². The van der Waals surface area contributed by atoms with Crippen LogP contribution >= 0.6 is 0 Å². The molecule has 0 aliphatic heterocycles. The average Bonchev–Trinajstić information content (AvgIpc) is 2.46. The molecule has 0 aromatic heterocycles. The van der Waals surface area contributed by atoms with Crippen LogP contribution in [0.15, 0.2) is 36.0 Å². The number of anilines is 1. The molecular formula is C15H19NO5. The van der Waals surface area contributed by atoms with E-state index in [0.717, 1.165) is 6.08 Å². The Hall–Kier alpha value is -2.50. The van der Waals surface area contributed by atoms with Gasteiger partial charge in [0, 0.05) is 5.69 Å². The van der Waals surface area contributed by atoms with E-state index in [1.54, 1.807) is 24.3 Å². The van der Waals surface area contributed by atoms with Crippen LogP contribution in [-0.2, 0) is 19.1 Å². The summed E-state index contributed by atoms with van der Waals surface area (Å²) in [4.78, 5) is 22.8. The average molecular weight is 293 g/mol. The number of benzene rings is 1. The van der Waals surface area contributed by atoms with E-state index in [4.69, 9.17) is 4.74 Å². The first kappa shape index (κ1) is 16.6. The van der Waals surface area contributed by atoms with E-state index in [1.165, 1.54) is 14.2 Å². The van der Waals surface area contributed by atoms with Crippen LogP contribution in [0, 0.1) is 0 Å². The number of methoxy groups -OCH3 is 2. The fourth-order valence-electron chi connectivity index (χ4n) is 1.48. The minimum Gasteiger partial charge on any atom is -0.491 e. The van der Waals surface area contributed by atoms with Gasteiger partial charge in [-0.15, -0.1) is 0 Å². The molecule has 0 bridgehead atoms. The summed E-state index contributed by atoms with van der Waals surface area (Å²) >= 11 is 0. The van der Waals surface area contributed by atoms with Crippen molar-refractivity contribution in [3.8, 4) is 5.75 Å². The van der Waals surface area contributed by atoms with E-state index in [0.29, 0.717) is 11.4 Å². The molecule has 0 radical (unpaired) electrons. The number of nitrogens with one attached hydrogen (secondary N) is 1. The Kier molecular flexibility index (Phi) is 6.26. The maximum Gasteiger partial charge on any atom is 0.354 e. The summed E-state index contributed by atoms with van der Waals surface area (Å²) in [5, 5.41) is 2.81. The van der Waals surface area contributed by atoms with E-state index < -0.39 is 11.9 Å². The zero-order valence-corrected chi connectivity index (χ0v) is 12.5. The minimum atomic E-state index is -0.664. The van der Waals surface area contributed by atoms with Gasteiger partial charge in [0.1, 0.15) is 11.4 Å². The first-order chi connectivity index (χ1) is 9.96. The second-order valence-corrected chi connectivity index (χ2v) is 4.39. The first-order valence-corrected chi connectivity index (χ1v) is 6.38. The lowest BCUT2D eigenvalue weighted by molar-refractivity contribution is -0.138. The molecule has 0 saturated carbocycles. The summed E-state index contributed by atoms with van der Waals surface area (Å²) in [5.41, 5.74) is 0.605. The number of ether oxygens (including phenoxy) is 3. The number of carbonyl (C=O) groups is 2. The molecular weight excluding hydrogens is 274 g/mol. The van der Waals surface area contributed by atoms with Crippen molar-refractivity contribution in [2.24, 2.45) is 0 Å². The molecule has 0 aliphatic rings. The van der Waals surface area contributed by atoms with E-state index in [2.05, 4.69) is 14.8 Å². The summed E-state index contributed by atoms with van der Waals surface area (Å²) in [6, 6.07) is 6.97. The summed E-state index contributed by atoms with van der Waals surface area (Å²) in [6.07, 6.45) is 1.11. The van der Waals surface area contributed by atoms with Crippen LogP contribution in [0.2, 0.25) is 0 Å². The van der Waals surface area contributed by atoms with Gasteiger partial charge in [0.05, 0.1) is 26.4 Å². The Balaban J connectivity index is 2.86. The summed E-state index contributed by atoms with van der Waals surface area (Å²) in [5.74, 6) is -0.599. The minimum absolute atomic E-state index is 0.0122. The molecule has 0 amide bonds. The highest BCUT2D eigenvalue weighted by atomic mass is 16.5. The molecule has 1 aromatic carbocycles. The highest BCUT2D eigenvalue weighted by Gasteiger charge is 2.12. The van der Waals surface area contributed by atoms with Crippen molar-refractivity contribution >= 4 is 17.6 Å². The third-order valence-corrected chi connectivity index (χ3v) is 2.37. The number of esters is 2. The van der Waals surface area contributed by atoms with Crippen molar-refractivity contribution in [2.45, 2.75) is 20.0 Å². The molecule has 1 rings (SSSR count). The lowest BCUT2D eigenvalue weighted by Gasteiger charge is -2.12. The van der Waals surface area contributed by atoms with Gasteiger partial charge in [-0.05, 0) is 38.1 Å². The Morgan fingerprint density at radius 3 is 2.19 bits per heavy atom. The van der Waals surface area contributed by atoms with E-state index in [1.807, 2.05) is 13.8 Å². The maximum atomic E-state index is 11.6. The standard InChI is InChI=1S/C15H19NO5/c1-10(2)21-12-7-5-11(6-8-12)16-13(15(18)20-4)9-14(17)19-3/h5-10,16H,1-4H3/b13-9-. The molecule has 0 atom stereocenters. The second kappa shape index (κ2) is 7.94. The fraction of sp³-hybridized carbons (Fsp3) is 0.333. The number of hydrogen-bond donors (Lipinski definition) is 1. The molecule has 1 aromatic rings. The Bertz CT molecular complexity index is 519. The fourth-order valence-corrected chi connectivity index (χ4v) is 1.48. The third-order valence-electron chi connectivity index (χ3n) is 2.37. The highest BCUT2D eigenvalue weighted by molar-refractivity contribution is 5.98. The monoisotopic (exact) mass is 293 g/mol. The van der Waals surface area contributed by atoms with Gasteiger partial charge in [0.15, 0.2) is 0 Å². The topological polar surface area (TPSA) is 73.9 Å². The zero-order valence-electron chi connectivity index (χ0n) is 12.5. The molecule has 1 N–H and O–H groups in total. The van der Waals surface area contributed by atoms with Crippen LogP contribution in [0.4, 0.5) is 5.69 Å². The molecule has 0 unspecified atom stereocenters. The van der Waals surface area contributed by atoms with Crippen LogP contribution in [0.3, 0.4) is 0 Å². The Morgan fingerprint density at radius 2 is 1.71 bits per heavy atom. The van der Waals surface area contributed by atoms with Gasteiger partial charge >= 0.3 is 11.9 Å². The van der Waals surface area contributed by atoms with Gasteiger partial charge in [-0.2, -0.15) is 0 Å². The van der Waals surface area contributed by atoms with E-state index >= 15 is 0 Å². The van der Waals surface area contributed by atoms with Gasteiger partial charge in [0.25, 0.3) is 0 Å². The highest BCUT2D eigenvalue weighted by Crippen LogP contribution is 2.18. The van der Waals surface area contributed by atoms with Gasteiger partial charge in [0.2, 0.25) is 0 Å². The largest absolute Gasteiger partial charge is 0.491 e. The summed E-state index contributed by atoms with van der Waals surface area (Å²) < 4.78 is 14.6. The van der Waals surface area contributed by atoms with Crippen LogP contribution in [0.25, 0.3) is 0 Å². The van der Waals surface area contributed by atoms with Gasteiger partial charge in [-0.25, -0.2) is 9.59 Å². The molecule has 0 aliphatic carbocycles. The van der Waals surface area contributed by atoms with E-state index in [-0.39, 0.29) is 11.8 Å².